The van der Waals surface area contributed by atoms with E-state index in [0.717, 1.165) is 27.1 Å². The first-order valence-electron chi connectivity index (χ1n) is 15.8. The van der Waals surface area contributed by atoms with Gasteiger partial charge in [-0.15, -0.1) is 0 Å². The standard InChI is InChI=1S/C36H45N2O7S/c1-34(2,3)44-32(40)37-28-18-12-11-17-26(28)27-20-23-38(22-13-14-24-43-33(41)45-35(4,5)6)29(30(27)37)19-21-36(38,31(39)42-7)46-25-15-9-8-10-16-25/h8-18,29H,19-24H2,1-7H3/q+1/b14-13+. The van der Waals surface area contributed by atoms with Gasteiger partial charge in [0.05, 0.1) is 31.4 Å². The fourth-order valence-corrected chi connectivity index (χ4v) is 8.46. The number of hydrogen-bond donors (Lipinski definition) is 0. The molecule has 246 valence electrons. The van der Waals surface area contributed by atoms with E-state index in [1.54, 1.807) is 31.4 Å². The molecular formula is C36H45N2O7S+. The van der Waals surface area contributed by atoms with Crippen LogP contribution in [-0.2, 0) is 30.2 Å². The highest BCUT2D eigenvalue weighted by molar-refractivity contribution is 8.01. The summed E-state index contributed by atoms with van der Waals surface area (Å²) in [4.78, 5) is 40.2. The summed E-state index contributed by atoms with van der Waals surface area (Å²) in [6.07, 6.45) is 4.44. The maximum atomic E-state index is 14.1. The predicted octanol–water partition coefficient (Wildman–Crippen LogP) is 7.80. The highest BCUT2D eigenvalue weighted by Crippen LogP contribution is 2.60. The average molecular weight is 650 g/mol. The van der Waals surface area contributed by atoms with Gasteiger partial charge in [0.2, 0.25) is 4.87 Å². The lowest BCUT2D eigenvalue weighted by atomic mass is 9.94. The van der Waals surface area contributed by atoms with Crippen LogP contribution in [0.5, 0.6) is 0 Å². The van der Waals surface area contributed by atoms with Gasteiger partial charge in [0, 0.05) is 29.5 Å². The Morgan fingerprint density at radius 3 is 2.30 bits per heavy atom. The number of esters is 1. The van der Waals surface area contributed by atoms with Crippen molar-refractivity contribution in [1.82, 2.24) is 4.57 Å². The Labute approximate surface area is 275 Å². The third-order valence-corrected chi connectivity index (χ3v) is 10.1. The van der Waals surface area contributed by atoms with Crippen LogP contribution in [0.4, 0.5) is 9.59 Å². The van der Waals surface area contributed by atoms with Crippen LogP contribution in [0.15, 0.2) is 71.6 Å². The Hall–Kier alpha value is -3.76. The molecular weight excluding hydrogens is 604 g/mol. The number of benzene rings is 2. The minimum absolute atomic E-state index is 0.0278. The van der Waals surface area contributed by atoms with Crippen LogP contribution in [-0.4, -0.2) is 70.1 Å². The molecule has 0 amide bonds. The van der Waals surface area contributed by atoms with Crippen molar-refractivity contribution in [3.63, 3.8) is 0 Å². The van der Waals surface area contributed by atoms with Gasteiger partial charge in [-0.3, -0.25) is 4.48 Å². The first kappa shape index (κ1) is 33.6. The molecule has 2 aliphatic rings. The maximum absolute atomic E-state index is 14.1. The van der Waals surface area contributed by atoms with E-state index < -0.39 is 28.3 Å². The van der Waals surface area contributed by atoms with E-state index in [2.05, 4.69) is 6.07 Å². The molecule has 5 rings (SSSR count). The molecule has 10 heteroatoms. The Morgan fingerprint density at radius 2 is 1.63 bits per heavy atom. The Bertz CT molecular complexity index is 1640. The third-order valence-electron chi connectivity index (χ3n) is 8.56. The predicted molar refractivity (Wildman–Crippen MR) is 178 cm³/mol. The number of fused-ring (bicyclic) bond motifs is 5. The average Bonchev–Trinajstić information content (AvgIpc) is 3.49. The fraction of sp³-hybridized carbons (Fsp3) is 0.472. The number of aromatic nitrogens is 1. The van der Waals surface area contributed by atoms with E-state index in [0.29, 0.717) is 36.8 Å². The summed E-state index contributed by atoms with van der Waals surface area (Å²) < 4.78 is 24.2. The summed E-state index contributed by atoms with van der Waals surface area (Å²) >= 11 is 1.53. The van der Waals surface area contributed by atoms with Crippen molar-refractivity contribution in [3.05, 3.63) is 78.0 Å². The second-order valence-corrected chi connectivity index (χ2v) is 15.2. The molecule has 0 bridgehead atoms. The number of carbonyl (C=O) groups is 3. The van der Waals surface area contributed by atoms with Crippen LogP contribution >= 0.6 is 11.8 Å². The Balaban J connectivity index is 1.62. The molecule has 1 aromatic heterocycles. The fourth-order valence-electron chi connectivity index (χ4n) is 6.92. The molecule has 2 aliphatic heterocycles. The molecule has 2 aromatic carbocycles. The number of quaternary nitrogens is 1. The Morgan fingerprint density at radius 1 is 0.957 bits per heavy atom. The maximum Gasteiger partial charge on any atom is 0.509 e. The largest absolute Gasteiger partial charge is 0.509 e. The molecule has 3 unspecified atom stereocenters. The van der Waals surface area contributed by atoms with E-state index in [1.165, 1.54) is 18.9 Å². The highest BCUT2D eigenvalue weighted by Gasteiger charge is 2.68. The van der Waals surface area contributed by atoms with Crippen molar-refractivity contribution in [2.75, 3.05) is 26.8 Å². The van der Waals surface area contributed by atoms with Gasteiger partial charge < -0.3 is 18.9 Å². The number of carbonyl (C=O) groups excluding carboxylic acids is 3. The quantitative estimate of drug-likeness (QED) is 0.111. The van der Waals surface area contributed by atoms with Crippen LogP contribution < -0.4 is 0 Å². The molecule has 0 saturated carbocycles. The lowest BCUT2D eigenvalue weighted by Gasteiger charge is -2.51. The molecule has 1 saturated heterocycles. The molecule has 0 aliphatic carbocycles. The number of para-hydroxylation sites is 1. The summed E-state index contributed by atoms with van der Waals surface area (Å²) in [7, 11) is 1.44. The van der Waals surface area contributed by atoms with Crippen LogP contribution in [0.3, 0.4) is 0 Å². The Kier molecular flexibility index (Phi) is 9.35. The van der Waals surface area contributed by atoms with Crippen LogP contribution in [0, 0.1) is 0 Å². The molecule has 9 nitrogen and oxygen atoms in total. The van der Waals surface area contributed by atoms with Crippen LogP contribution in [0.25, 0.3) is 10.9 Å². The summed E-state index contributed by atoms with van der Waals surface area (Å²) in [6, 6.07) is 17.6. The second-order valence-electron chi connectivity index (χ2n) is 13.9. The monoisotopic (exact) mass is 649 g/mol. The van der Waals surface area contributed by atoms with Gasteiger partial charge >= 0.3 is 18.2 Å². The number of ether oxygens (including phenoxy) is 4. The highest BCUT2D eigenvalue weighted by atomic mass is 32.2. The molecule has 0 radical (unpaired) electrons. The first-order valence-corrected chi connectivity index (χ1v) is 16.6. The zero-order valence-corrected chi connectivity index (χ0v) is 28.6. The van der Waals surface area contributed by atoms with Crippen molar-refractivity contribution in [2.24, 2.45) is 0 Å². The number of methoxy groups -OCH3 is 1. The smallest absolute Gasteiger partial charge is 0.464 e. The lowest BCUT2D eigenvalue weighted by Crippen LogP contribution is -2.66. The van der Waals surface area contributed by atoms with Gasteiger partial charge in [-0.25, -0.2) is 19.0 Å². The van der Waals surface area contributed by atoms with Gasteiger partial charge in [-0.1, -0.05) is 36.4 Å². The molecule has 46 heavy (non-hydrogen) atoms. The summed E-state index contributed by atoms with van der Waals surface area (Å²) in [5.41, 5.74) is 1.45. The number of rotatable bonds is 7. The summed E-state index contributed by atoms with van der Waals surface area (Å²) in [5, 5.41) is 1.02. The van der Waals surface area contributed by atoms with Gasteiger partial charge in [-0.2, -0.15) is 0 Å². The number of nitrogens with zero attached hydrogens (tertiary/aromatic N) is 2. The van der Waals surface area contributed by atoms with E-state index in [1.807, 2.05) is 75.4 Å². The molecule has 0 N–H and O–H groups in total. The topological polar surface area (TPSA) is 93.1 Å². The van der Waals surface area contributed by atoms with Gasteiger partial charge in [-0.05, 0) is 89.2 Å². The minimum Gasteiger partial charge on any atom is -0.464 e. The lowest BCUT2D eigenvalue weighted by molar-refractivity contribution is -0.964. The van der Waals surface area contributed by atoms with E-state index in [-0.39, 0.29) is 18.6 Å². The van der Waals surface area contributed by atoms with E-state index in [4.69, 9.17) is 18.9 Å². The first-order chi connectivity index (χ1) is 21.7. The zero-order chi connectivity index (χ0) is 33.3. The van der Waals surface area contributed by atoms with Crippen molar-refractivity contribution in [1.29, 1.82) is 0 Å². The van der Waals surface area contributed by atoms with Crippen LogP contribution in [0.1, 0.15) is 71.7 Å². The van der Waals surface area contributed by atoms with Crippen LogP contribution in [0.2, 0.25) is 0 Å². The molecule has 1 fully saturated rings. The normalized spacial score (nSPS) is 22.7. The van der Waals surface area contributed by atoms with Gasteiger partial charge in [0.15, 0.2) is 0 Å². The number of thioether (sulfide) groups is 1. The van der Waals surface area contributed by atoms with Gasteiger partial charge in [0.1, 0.15) is 23.9 Å². The SMILES string of the molecule is COC(=O)C1(Sc2ccccc2)CCC2c3c(c4ccccc4n3C(=O)OC(C)(C)C)CC[N+]21C/C=C/COC(=O)OC(C)(C)C. The van der Waals surface area contributed by atoms with E-state index >= 15 is 0 Å². The third kappa shape index (κ3) is 6.42. The van der Waals surface area contributed by atoms with Crippen molar-refractivity contribution in [3.8, 4) is 0 Å². The van der Waals surface area contributed by atoms with Crippen molar-refractivity contribution in [2.45, 2.75) is 87.8 Å². The molecule has 0 spiro atoms. The van der Waals surface area contributed by atoms with Crippen molar-refractivity contribution < 1.29 is 37.8 Å². The minimum atomic E-state index is -0.996. The number of hydrogen-bond acceptors (Lipinski definition) is 8. The van der Waals surface area contributed by atoms with E-state index in [9.17, 15) is 14.4 Å². The summed E-state index contributed by atoms with van der Waals surface area (Å²) in [6.45, 7) is 12.1. The molecule has 3 atom stereocenters. The summed E-state index contributed by atoms with van der Waals surface area (Å²) in [5.74, 6) is -0.300. The zero-order valence-electron chi connectivity index (χ0n) is 27.8. The van der Waals surface area contributed by atoms with Gasteiger partial charge in [0.25, 0.3) is 0 Å². The molecule has 3 aromatic rings. The van der Waals surface area contributed by atoms with Crippen molar-refractivity contribution >= 4 is 40.9 Å². The molecule has 3 heterocycles. The second kappa shape index (κ2) is 12.8.